The summed E-state index contributed by atoms with van der Waals surface area (Å²) in [4.78, 5) is 12.7. The fourth-order valence-corrected chi connectivity index (χ4v) is 3.39. The molecule has 24 heavy (non-hydrogen) atoms. The molecule has 0 saturated carbocycles. The third-order valence-electron chi connectivity index (χ3n) is 4.36. The van der Waals surface area contributed by atoms with Crippen LogP contribution >= 0.6 is 0 Å². The van der Waals surface area contributed by atoms with Crippen molar-refractivity contribution in [1.29, 1.82) is 0 Å². The standard InChI is InChI=1S/C18H25F3N2O/c1-17(2,3)9-14-11-23(16(24)18(19,20)21)7-6-13-8-12(10-22)4-5-15(13)14/h4-5,8,14H,6-7,9-11,22H2,1-3H3. The zero-order valence-corrected chi connectivity index (χ0v) is 14.4. The van der Waals surface area contributed by atoms with Crippen LogP contribution in [0.3, 0.4) is 0 Å². The summed E-state index contributed by atoms with van der Waals surface area (Å²) in [6, 6.07) is 5.86. The molecule has 0 spiro atoms. The van der Waals surface area contributed by atoms with Gasteiger partial charge in [0.25, 0.3) is 0 Å². The maximum Gasteiger partial charge on any atom is 0.471 e. The molecule has 2 N–H and O–H groups in total. The van der Waals surface area contributed by atoms with Gasteiger partial charge in [-0.05, 0) is 34.9 Å². The van der Waals surface area contributed by atoms with Crippen LogP contribution in [0.15, 0.2) is 18.2 Å². The summed E-state index contributed by atoms with van der Waals surface area (Å²) >= 11 is 0. The number of rotatable bonds is 2. The second-order valence-electron chi connectivity index (χ2n) is 7.70. The molecule has 0 radical (unpaired) electrons. The predicted molar refractivity (Wildman–Crippen MR) is 87.5 cm³/mol. The van der Waals surface area contributed by atoms with Crippen LogP contribution in [0.2, 0.25) is 0 Å². The Hall–Kier alpha value is -1.56. The Morgan fingerprint density at radius 3 is 2.50 bits per heavy atom. The first-order valence-electron chi connectivity index (χ1n) is 8.19. The molecule has 0 aromatic heterocycles. The van der Waals surface area contributed by atoms with Crippen molar-refractivity contribution >= 4 is 5.91 Å². The van der Waals surface area contributed by atoms with E-state index in [4.69, 9.17) is 5.73 Å². The van der Waals surface area contributed by atoms with Crippen LogP contribution in [0, 0.1) is 5.41 Å². The normalized spacial score (nSPS) is 19.0. The third-order valence-corrected chi connectivity index (χ3v) is 4.36. The molecule has 1 atom stereocenters. The highest BCUT2D eigenvalue weighted by molar-refractivity contribution is 5.82. The molecule has 1 unspecified atom stereocenters. The van der Waals surface area contributed by atoms with Crippen molar-refractivity contribution in [2.24, 2.45) is 11.1 Å². The van der Waals surface area contributed by atoms with E-state index in [0.717, 1.165) is 21.6 Å². The number of amides is 1. The first kappa shape index (κ1) is 18.8. The highest BCUT2D eigenvalue weighted by atomic mass is 19.4. The number of hydrogen-bond acceptors (Lipinski definition) is 2. The number of nitrogens with two attached hydrogens (primary N) is 1. The van der Waals surface area contributed by atoms with Crippen molar-refractivity contribution in [2.75, 3.05) is 13.1 Å². The van der Waals surface area contributed by atoms with Gasteiger partial charge in [0.1, 0.15) is 0 Å². The Morgan fingerprint density at radius 1 is 1.29 bits per heavy atom. The maximum atomic E-state index is 12.9. The molecule has 1 heterocycles. The molecule has 0 aliphatic carbocycles. The smallest absolute Gasteiger partial charge is 0.334 e. The Labute approximate surface area is 141 Å². The van der Waals surface area contributed by atoms with Gasteiger partial charge in [-0.3, -0.25) is 4.79 Å². The number of carbonyl (C=O) groups excluding carboxylic acids is 1. The van der Waals surface area contributed by atoms with Gasteiger partial charge in [0.2, 0.25) is 0 Å². The summed E-state index contributed by atoms with van der Waals surface area (Å²) in [5, 5.41) is 0. The summed E-state index contributed by atoms with van der Waals surface area (Å²) in [5.74, 6) is -1.85. The lowest BCUT2D eigenvalue weighted by Crippen LogP contribution is -2.43. The summed E-state index contributed by atoms with van der Waals surface area (Å²) < 4.78 is 38.6. The highest BCUT2D eigenvalue weighted by Crippen LogP contribution is 2.36. The van der Waals surface area contributed by atoms with Crippen LogP contribution in [0.1, 0.15) is 49.8 Å². The first-order valence-corrected chi connectivity index (χ1v) is 8.19. The van der Waals surface area contributed by atoms with E-state index in [0.29, 0.717) is 19.4 Å². The molecule has 1 aliphatic rings. The Balaban J connectivity index is 2.37. The third kappa shape index (κ3) is 4.50. The number of halogens is 3. The van der Waals surface area contributed by atoms with Crippen LogP contribution in [0.25, 0.3) is 0 Å². The zero-order valence-electron chi connectivity index (χ0n) is 14.4. The Morgan fingerprint density at radius 2 is 1.96 bits per heavy atom. The van der Waals surface area contributed by atoms with E-state index in [2.05, 4.69) is 20.8 Å². The van der Waals surface area contributed by atoms with Gasteiger partial charge in [-0.2, -0.15) is 13.2 Å². The summed E-state index contributed by atoms with van der Waals surface area (Å²) in [5.41, 5.74) is 8.63. The number of alkyl halides is 3. The fraction of sp³-hybridized carbons (Fsp3) is 0.611. The quantitative estimate of drug-likeness (QED) is 0.892. The lowest BCUT2D eigenvalue weighted by molar-refractivity contribution is -0.185. The molecule has 0 fully saturated rings. The van der Waals surface area contributed by atoms with E-state index in [1.807, 2.05) is 18.2 Å². The summed E-state index contributed by atoms with van der Waals surface area (Å²) in [6.45, 7) is 6.75. The molecule has 1 aliphatic heterocycles. The molecule has 6 heteroatoms. The number of fused-ring (bicyclic) bond motifs is 1. The average molecular weight is 342 g/mol. The summed E-state index contributed by atoms with van der Waals surface area (Å²) in [6.07, 6.45) is -3.69. The SMILES string of the molecule is CC(C)(C)CC1CN(C(=O)C(F)(F)F)CCc2cc(CN)ccc21. The molecule has 0 saturated heterocycles. The van der Waals surface area contributed by atoms with Gasteiger partial charge in [-0.15, -0.1) is 0 Å². The molecule has 0 bridgehead atoms. The lowest BCUT2D eigenvalue weighted by atomic mass is 9.80. The topological polar surface area (TPSA) is 46.3 Å². The minimum absolute atomic E-state index is 0.0498. The van der Waals surface area contributed by atoms with E-state index < -0.39 is 12.1 Å². The van der Waals surface area contributed by atoms with E-state index in [1.54, 1.807) is 0 Å². The van der Waals surface area contributed by atoms with Crippen molar-refractivity contribution in [3.8, 4) is 0 Å². The molecule has 1 amide bonds. The maximum absolute atomic E-state index is 12.9. The van der Waals surface area contributed by atoms with Crippen LogP contribution in [0.5, 0.6) is 0 Å². The zero-order chi connectivity index (χ0) is 18.1. The second kappa shape index (κ2) is 6.75. The van der Waals surface area contributed by atoms with Gasteiger partial charge in [0, 0.05) is 25.6 Å². The second-order valence-corrected chi connectivity index (χ2v) is 7.70. The molecule has 1 aromatic carbocycles. The lowest BCUT2D eigenvalue weighted by Gasteiger charge is -2.30. The molecule has 3 nitrogen and oxygen atoms in total. The molecular formula is C18H25F3N2O. The van der Waals surface area contributed by atoms with E-state index in [-0.39, 0.29) is 24.4 Å². The van der Waals surface area contributed by atoms with E-state index in [1.165, 1.54) is 0 Å². The number of benzene rings is 1. The minimum atomic E-state index is -4.83. The van der Waals surface area contributed by atoms with Gasteiger partial charge < -0.3 is 10.6 Å². The number of nitrogens with zero attached hydrogens (tertiary/aromatic N) is 1. The van der Waals surface area contributed by atoms with Gasteiger partial charge in [0.15, 0.2) is 0 Å². The fourth-order valence-electron chi connectivity index (χ4n) is 3.39. The molecule has 134 valence electrons. The minimum Gasteiger partial charge on any atom is -0.334 e. The monoisotopic (exact) mass is 342 g/mol. The molecular weight excluding hydrogens is 317 g/mol. The van der Waals surface area contributed by atoms with Gasteiger partial charge in [0.05, 0.1) is 0 Å². The van der Waals surface area contributed by atoms with Gasteiger partial charge >= 0.3 is 12.1 Å². The molecule has 1 aromatic rings. The van der Waals surface area contributed by atoms with Crippen LogP contribution in [-0.2, 0) is 17.8 Å². The Kier molecular flexibility index (Phi) is 5.28. The van der Waals surface area contributed by atoms with Crippen LogP contribution in [-0.4, -0.2) is 30.1 Å². The average Bonchev–Trinajstić information content (AvgIpc) is 2.63. The number of hydrogen-bond donors (Lipinski definition) is 1. The first-order chi connectivity index (χ1) is 11.0. The largest absolute Gasteiger partial charge is 0.471 e. The predicted octanol–water partition coefficient (Wildman–Crippen LogP) is 3.61. The molecule has 2 rings (SSSR count). The van der Waals surface area contributed by atoms with Crippen molar-refractivity contribution in [3.05, 3.63) is 34.9 Å². The van der Waals surface area contributed by atoms with Crippen molar-refractivity contribution in [2.45, 2.75) is 52.3 Å². The number of carbonyl (C=O) groups is 1. The van der Waals surface area contributed by atoms with Gasteiger partial charge in [-0.1, -0.05) is 39.0 Å². The van der Waals surface area contributed by atoms with E-state index in [9.17, 15) is 18.0 Å². The van der Waals surface area contributed by atoms with Gasteiger partial charge in [-0.25, -0.2) is 0 Å². The van der Waals surface area contributed by atoms with Crippen molar-refractivity contribution in [1.82, 2.24) is 4.90 Å². The van der Waals surface area contributed by atoms with Crippen LogP contribution < -0.4 is 5.73 Å². The van der Waals surface area contributed by atoms with Crippen LogP contribution in [0.4, 0.5) is 13.2 Å². The highest BCUT2D eigenvalue weighted by Gasteiger charge is 2.43. The van der Waals surface area contributed by atoms with Crippen molar-refractivity contribution < 1.29 is 18.0 Å². The van der Waals surface area contributed by atoms with Crippen molar-refractivity contribution in [3.63, 3.8) is 0 Å². The Bertz CT molecular complexity index is 605. The summed E-state index contributed by atoms with van der Waals surface area (Å²) in [7, 11) is 0. The van der Waals surface area contributed by atoms with E-state index >= 15 is 0 Å².